The van der Waals surface area contributed by atoms with Crippen LogP contribution in [0.15, 0.2) is 18.2 Å². The van der Waals surface area contributed by atoms with Crippen LogP contribution in [0.1, 0.15) is 31.2 Å². The highest BCUT2D eigenvalue weighted by Crippen LogP contribution is 2.28. The maximum Gasteiger partial charge on any atom is 0.223 e. The van der Waals surface area contributed by atoms with Crippen molar-refractivity contribution in [1.82, 2.24) is 15.1 Å². The number of nitrogens with one attached hydrogen (secondary N) is 1. The van der Waals surface area contributed by atoms with Crippen molar-refractivity contribution in [2.75, 3.05) is 32.7 Å². The highest BCUT2D eigenvalue weighted by molar-refractivity contribution is 6.31. The average Bonchev–Trinajstić information content (AvgIpc) is 3.47. The highest BCUT2D eigenvalue weighted by Gasteiger charge is 2.29. The van der Waals surface area contributed by atoms with Crippen LogP contribution in [-0.2, 0) is 16.1 Å². The van der Waals surface area contributed by atoms with Crippen LogP contribution in [0, 0.1) is 11.7 Å². The molecule has 1 aliphatic carbocycles. The molecule has 1 aliphatic heterocycles. The predicted molar refractivity (Wildman–Crippen MR) is 98.2 cm³/mol. The number of hydrogen-bond donors (Lipinski definition) is 1. The molecule has 0 atom stereocenters. The van der Waals surface area contributed by atoms with Crippen LogP contribution in [0.3, 0.4) is 0 Å². The van der Waals surface area contributed by atoms with Crippen molar-refractivity contribution in [2.24, 2.45) is 5.92 Å². The number of nitrogens with zero attached hydrogens (tertiary/aromatic N) is 2. The molecule has 3 rings (SSSR count). The maximum atomic E-state index is 13.9. The van der Waals surface area contributed by atoms with E-state index in [2.05, 4.69) is 10.2 Å². The summed E-state index contributed by atoms with van der Waals surface area (Å²) >= 11 is 6.08. The van der Waals surface area contributed by atoms with E-state index in [1.54, 1.807) is 12.1 Å². The Hall–Kier alpha value is -1.66. The third-order valence-corrected chi connectivity index (χ3v) is 5.34. The van der Waals surface area contributed by atoms with E-state index in [9.17, 15) is 14.0 Å². The minimum atomic E-state index is -0.288. The third-order valence-electron chi connectivity index (χ3n) is 4.98. The van der Waals surface area contributed by atoms with E-state index in [1.165, 1.54) is 6.07 Å². The standard InChI is InChI=1S/C19H25ClFN3O2/c20-16-3-1-4-17(21)15(16)13-23-9-11-24(12-10-23)18(25)5-2-8-22-19(26)14-6-7-14/h1,3-4,14H,2,5-13H2,(H,22,26). The second kappa shape index (κ2) is 8.82. The fourth-order valence-corrected chi connectivity index (χ4v) is 3.38. The Morgan fingerprint density at radius 2 is 1.92 bits per heavy atom. The fourth-order valence-electron chi connectivity index (χ4n) is 3.16. The first-order chi connectivity index (χ1) is 12.5. The van der Waals surface area contributed by atoms with Gasteiger partial charge in [0.2, 0.25) is 11.8 Å². The third kappa shape index (κ3) is 5.17. The fraction of sp³-hybridized carbons (Fsp3) is 0.579. The molecule has 0 spiro atoms. The van der Waals surface area contributed by atoms with E-state index in [-0.39, 0.29) is 23.5 Å². The van der Waals surface area contributed by atoms with Crippen molar-refractivity contribution in [1.29, 1.82) is 0 Å². The topological polar surface area (TPSA) is 52.7 Å². The smallest absolute Gasteiger partial charge is 0.223 e. The second-order valence-corrected chi connectivity index (χ2v) is 7.43. The first kappa shape index (κ1) is 19.1. The lowest BCUT2D eigenvalue weighted by atomic mass is 10.1. The number of hydrogen-bond acceptors (Lipinski definition) is 3. The van der Waals surface area contributed by atoms with Crippen molar-refractivity contribution in [2.45, 2.75) is 32.2 Å². The van der Waals surface area contributed by atoms with Gasteiger partial charge >= 0.3 is 0 Å². The quantitative estimate of drug-likeness (QED) is 0.738. The van der Waals surface area contributed by atoms with Gasteiger partial charge in [0, 0.05) is 62.2 Å². The largest absolute Gasteiger partial charge is 0.356 e. The van der Waals surface area contributed by atoms with Crippen LogP contribution in [-0.4, -0.2) is 54.3 Å². The lowest BCUT2D eigenvalue weighted by Crippen LogP contribution is -2.48. The molecule has 142 valence electrons. The maximum absolute atomic E-state index is 13.9. The Bertz CT molecular complexity index is 638. The summed E-state index contributed by atoms with van der Waals surface area (Å²) in [6.45, 7) is 3.70. The van der Waals surface area contributed by atoms with Crippen LogP contribution in [0.25, 0.3) is 0 Å². The number of amides is 2. The summed E-state index contributed by atoms with van der Waals surface area (Å²) in [6, 6.07) is 4.72. The number of piperazine rings is 1. The first-order valence-electron chi connectivity index (χ1n) is 9.25. The lowest BCUT2D eigenvalue weighted by molar-refractivity contribution is -0.133. The van der Waals surface area contributed by atoms with Crippen molar-refractivity contribution in [3.8, 4) is 0 Å². The first-order valence-corrected chi connectivity index (χ1v) is 9.63. The molecule has 2 amide bonds. The number of carbonyl (C=O) groups is 2. The van der Waals surface area contributed by atoms with Crippen LogP contribution >= 0.6 is 11.6 Å². The Morgan fingerprint density at radius 1 is 1.19 bits per heavy atom. The van der Waals surface area contributed by atoms with Gasteiger partial charge in [-0.25, -0.2) is 4.39 Å². The number of benzene rings is 1. The van der Waals surface area contributed by atoms with Crippen LogP contribution < -0.4 is 5.32 Å². The molecule has 1 saturated carbocycles. The van der Waals surface area contributed by atoms with Gasteiger partial charge in [0.25, 0.3) is 0 Å². The van der Waals surface area contributed by atoms with Gasteiger partial charge in [0.05, 0.1) is 0 Å². The summed E-state index contributed by atoms with van der Waals surface area (Å²) in [4.78, 5) is 27.8. The lowest BCUT2D eigenvalue weighted by Gasteiger charge is -2.35. The van der Waals surface area contributed by atoms with E-state index in [1.807, 2.05) is 4.90 Å². The van der Waals surface area contributed by atoms with Crippen LogP contribution in [0.5, 0.6) is 0 Å². The zero-order chi connectivity index (χ0) is 18.5. The summed E-state index contributed by atoms with van der Waals surface area (Å²) in [5.41, 5.74) is 0.514. The molecule has 1 aromatic carbocycles. The van der Waals surface area contributed by atoms with Crippen LogP contribution in [0.2, 0.25) is 5.02 Å². The molecule has 1 saturated heterocycles. The van der Waals surface area contributed by atoms with Gasteiger partial charge in [-0.05, 0) is 31.4 Å². The van der Waals surface area contributed by atoms with Gasteiger partial charge in [-0.3, -0.25) is 14.5 Å². The molecular formula is C19H25ClFN3O2. The van der Waals surface area contributed by atoms with Crippen LogP contribution in [0.4, 0.5) is 4.39 Å². The Kier molecular flexibility index (Phi) is 6.48. The molecule has 7 heteroatoms. The van der Waals surface area contributed by atoms with E-state index < -0.39 is 0 Å². The molecule has 26 heavy (non-hydrogen) atoms. The van der Waals surface area contributed by atoms with E-state index in [0.29, 0.717) is 62.7 Å². The zero-order valence-corrected chi connectivity index (χ0v) is 15.6. The van der Waals surface area contributed by atoms with E-state index in [0.717, 1.165) is 12.8 Å². The van der Waals surface area contributed by atoms with Crippen molar-refractivity contribution < 1.29 is 14.0 Å². The van der Waals surface area contributed by atoms with Gasteiger partial charge in [-0.1, -0.05) is 17.7 Å². The summed E-state index contributed by atoms with van der Waals surface area (Å²) in [6.07, 6.45) is 3.10. The summed E-state index contributed by atoms with van der Waals surface area (Å²) < 4.78 is 13.9. The predicted octanol–water partition coefficient (Wildman–Crippen LogP) is 2.43. The van der Waals surface area contributed by atoms with Crippen molar-refractivity contribution in [3.05, 3.63) is 34.6 Å². The summed E-state index contributed by atoms with van der Waals surface area (Å²) in [7, 11) is 0. The molecule has 0 radical (unpaired) electrons. The number of halogens is 2. The number of carbonyl (C=O) groups excluding carboxylic acids is 2. The molecule has 1 N–H and O–H groups in total. The molecule has 0 unspecified atom stereocenters. The van der Waals surface area contributed by atoms with Crippen molar-refractivity contribution >= 4 is 23.4 Å². The molecule has 0 aromatic heterocycles. The van der Waals surface area contributed by atoms with Gasteiger partial charge in [-0.2, -0.15) is 0 Å². The monoisotopic (exact) mass is 381 g/mol. The Morgan fingerprint density at radius 3 is 2.58 bits per heavy atom. The van der Waals surface area contributed by atoms with E-state index >= 15 is 0 Å². The van der Waals surface area contributed by atoms with Gasteiger partial charge in [0.1, 0.15) is 5.82 Å². The molecule has 1 heterocycles. The second-order valence-electron chi connectivity index (χ2n) is 7.03. The molecule has 1 aromatic rings. The molecular weight excluding hydrogens is 357 g/mol. The SMILES string of the molecule is O=C(NCCCC(=O)N1CCN(Cc2c(F)cccc2Cl)CC1)C1CC1. The van der Waals surface area contributed by atoms with Gasteiger partial charge in [0.15, 0.2) is 0 Å². The minimum absolute atomic E-state index is 0.120. The van der Waals surface area contributed by atoms with Gasteiger partial charge in [-0.15, -0.1) is 0 Å². The minimum Gasteiger partial charge on any atom is -0.356 e. The Labute approximate surface area is 158 Å². The molecule has 2 fully saturated rings. The molecule has 0 bridgehead atoms. The summed E-state index contributed by atoms with van der Waals surface area (Å²) in [5, 5.41) is 3.32. The highest BCUT2D eigenvalue weighted by atomic mass is 35.5. The molecule has 2 aliphatic rings. The Balaban J connectivity index is 1.36. The molecule has 5 nitrogen and oxygen atoms in total. The average molecular weight is 382 g/mol. The zero-order valence-electron chi connectivity index (χ0n) is 14.8. The van der Waals surface area contributed by atoms with Crippen molar-refractivity contribution in [3.63, 3.8) is 0 Å². The van der Waals surface area contributed by atoms with E-state index in [4.69, 9.17) is 11.6 Å². The number of rotatable bonds is 7. The normalized spacial score (nSPS) is 18.0. The van der Waals surface area contributed by atoms with Gasteiger partial charge < -0.3 is 10.2 Å². The summed E-state index contributed by atoms with van der Waals surface area (Å²) in [5.74, 6) is 0.165.